The largest absolute Gasteiger partial charge is 0.438 e. The molecule has 0 aliphatic rings. The predicted molar refractivity (Wildman–Crippen MR) is 106 cm³/mol. The molecule has 0 amide bonds. The van der Waals surface area contributed by atoms with Gasteiger partial charge >= 0.3 is 32.2 Å². The Labute approximate surface area is 169 Å². The lowest BCUT2D eigenvalue weighted by atomic mass is 10.3. The minimum absolute atomic E-state index is 0.389. The Hall–Kier alpha value is -1.02. The van der Waals surface area contributed by atoms with Crippen molar-refractivity contribution in [2.75, 3.05) is 0 Å². The van der Waals surface area contributed by atoms with E-state index in [9.17, 15) is 21.0 Å². The molecule has 16 heteroatoms. The van der Waals surface area contributed by atoms with Gasteiger partial charge in [0, 0.05) is 18.2 Å². The Kier molecular flexibility index (Phi) is 7.84. The van der Waals surface area contributed by atoms with Gasteiger partial charge in [-0.15, -0.1) is 0 Å². The Morgan fingerprint density at radius 3 is 1.36 bits per heavy atom. The molecule has 0 aliphatic carbocycles. The third kappa shape index (κ3) is 10.5. The van der Waals surface area contributed by atoms with Crippen LogP contribution in [0.1, 0.15) is 0 Å². The molecular weight excluding hydrogens is 472 g/mol. The Balaban J connectivity index is 3.25. The molecule has 0 radical (unpaired) electrons. The Morgan fingerprint density at radius 1 is 0.750 bits per heavy atom. The number of rotatable bonds is 10. The van der Waals surface area contributed by atoms with Gasteiger partial charge in [0.2, 0.25) is 16.6 Å². The van der Waals surface area contributed by atoms with Gasteiger partial charge in [-0.3, -0.25) is 12.3 Å². The summed E-state index contributed by atoms with van der Waals surface area (Å²) in [5.74, 6) is -1.31. The molecule has 0 spiro atoms. The second-order valence-corrected chi connectivity index (χ2v) is 19.7. The Bertz CT molecular complexity index is 864. The molecule has 11 nitrogen and oxygen atoms in total. The molecular formula is C12H22O11S3Si2. The normalized spacial score (nSPS) is 14.4. The quantitative estimate of drug-likeness (QED) is 0.376. The maximum Gasteiger partial charge on any atom is 0.438 e. The SMILES string of the molecule is C[Si](C)(C)OS(=O)(=O)Oc1cc(OS(=O)O)cc(OS(=O)(=O)O[Si](C)(C)C)c1. The molecule has 1 atom stereocenters. The van der Waals surface area contributed by atoms with Crippen molar-refractivity contribution < 1.29 is 45.9 Å². The van der Waals surface area contributed by atoms with Gasteiger partial charge in [-0.05, 0) is 39.3 Å². The molecule has 0 saturated carbocycles. The van der Waals surface area contributed by atoms with Crippen molar-refractivity contribution in [1.29, 1.82) is 0 Å². The summed E-state index contributed by atoms with van der Waals surface area (Å²) in [5.41, 5.74) is 0. The number of benzene rings is 1. The molecule has 1 N–H and O–H groups in total. The van der Waals surface area contributed by atoms with Crippen LogP contribution in [0.25, 0.3) is 0 Å². The van der Waals surface area contributed by atoms with Gasteiger partial charge in [-0.25, -0.2) is 0 Å². The van der Waals surface area contributed by atoms with Crippen LogP contribution >= 0.6 is 0 Å². The van der Waals surface area contributed by atoms with Crippen molar-refractivity contribution in [1.82, 2.24) is 0 Å². The zero-order chi connectivity index (χ0) is 22.0. The topological polar surface area (TPSA) is 152 Å². The summed E-state index contributed by atoms with van der Waals surface area (Å²) < 4.78 is 91.6. The minimum atomic E-state index is -4.49. The van der Waals surface area contributed by atoms with E-state index in [1.54, 1.807) is 39.3 Å². The molecule has 162 valence electrons. The molecule has 1 unspecified atom stereocenters. The van der Waals surface area contributed by atoms with Crippen LogP contribution in [-0.2, 0) is 39.9 Å². The highest BCUT2D eigenvalue weighted by Crippen LogP contribution is 2.31. The highest BCUT2D eigenvalue weighted by molar-refractivity contribution is 7.83. The van der Waals surface area contributed by atoms with Gasteiger partial charge < -0.3 is 12.5 Å². The van der Waals surface area contributed by atoms with Gasteiger partial charge in [-0.2, -0.15) is 21.0 Å². The number of hydrogen-bond acceptors (Lipinski definition) is 10. The minimum Gasteiger partial charge on any atom is -0.380 e. The zero-order valence-corrected chi connectivity index (χ0v) is 20.4. The van der Waals surface area contributed by atoms with E-state index in [-0.39, 0.29) is 5.75 Å². The highest BCUT2D eigenvalue weighted by atomic mass is 32.3. The van der Waals surface area contributed by atoms with E-state index in [0.29, 0.717) is 0 Å². The standard InChI is InChI=1S/C12H22O11S3Si2/c1-27(2,3)22-25(15,16)20-11-7-10(19-24(13)14)8-12(9-11)21-26(17,18)23-28(4,5)6/h7-9H,1-6H3,(H,13,14). The van der Waals surface area contributed by atoms with Crippen LogP contribution < -0.4 is 12.5 Å². The van der Waals surface area contributed by atoms with Crippen LogP contribution in [0.4, 0.5) is 0 Å². The van der Waals surface area contributed by atoms with Crippen molar-refractivity contribution in [2.24, 2.45) is 0 Å². The van der Waals surface area contributed by atoms with Crippen molar-refractivity contribution in [3.8, 4) is 17.2 Å². The average Bonchev–Trinajstić information content (AvgIpc) is 2.28. The molecule has 28 heavy (non-hydrogen) atoms. The fourth-order valence-corrected chi connectivity index (χ4v) is 7.75. The maximum atomic E-state index is 12.0. The molecule has 0 bridgehead atoms. The summed E-state index contributed by atoms with van der Waals surface area (Å²) in [6, 6.07) is 2.81. The molecule has 1 rings (SSSR count). The fourth-order valence-electron chi connectivity index (χ4n) is 1.65. The van der Waals surface area contributed by atoms with Crippen LogP contribution in [0.15, 0.2) is 18.2 Å². The van der Waals surface area contributed by atoms with E-state index in [1.165, 1.54) is 0 Å². The third-order valence-corrected chi connectivity index (χ3v) is 8.88. The van der Waals surface area contributed by atoms with E-state index in [4.69, 9.17) is 20.7 Å². The fraction of sp³-hybridized carbons (Fsp3) is 0.500. The lowest BCUT2D eigenvalue weighted by Crippen LogP contribution is -2.31. The van der Waals surface area contributed by atoms with Crippen LogP contribution in [0.3, 0.4) is 0 Å². The molecule has 1 aromatic rings. The zero-order valence-electron chi connectivity index (χ0n) is 16.0. The molecule has 1 aromatic carbocycles. The molecule has 0 aromatic heterocycles. The van der Waals surface area contributed by atoms with Crippen LogP contribution in [0.2, 0.25) is 39.3 Å². The lowest BCUT2D eigenvalue weighted by molar-refractivity contribution is 0.385. The molecule has 0 fully saturated rings. The Morgan fingerprint density at radius 2 is 1.07 bits per heavy atom. The van der Waals surface area contributed by atoms with E-state index in [0.717, 1.165) is 18.2 Å². The monoisotopic (exact) mass is 494 g/mol. The maximum absolute atomic E-state index is 12.0. The summed E-state index contributed by atoms with van der Waals surface area (Å²) in [4.78, 5) is 0. The van der Waals surface area contributed by atoms with Gasteiger partial charge in [0.1, 0.15) is 5.75 Å². The molecule has 0 saturated heterocycles. The number of hydrogen-bond donors (Lipinski definition) is 1. The van der Waals surface area contributed by atoms with Crippen molar-refractivity contribution >= 4 is 48.8 Å². The summed E-state index contributed by atoms with van der Waals surface area (Å²) in [5, 5.41) is 0. The van der Waals surface area contributed by atoms with E-state index in [2.05, 4.69) is 4.18 Å². The van der Waals surface area contributed by atoms with Crippen molar-refractivity contribution in [3.05, 3.63) is 18.2 Å². The third-order valence-electron chi connectivity index (χ3n) is 2.12. The summed E-state index contributed by atoms with van der Waals surface area (Å²) in [6.45, 7) is 9.65. The predicted octanol–water partition coefficient (Wildman–Crippen LogP) is 2.15. The van der Waals surface area contributed by atoms with E-state index in [1.807, 2.05) is 0 Å². The van der Waals surface area contributed by atoms with Crippen LogP contribution in [-0.4, -0.2) is 42.2 Å². The first-order valence-corrected chi connectivity index (χ1v) is 18.1. The van der Waals surface area contributed by atoms with Gasteiger partial charge in [0.25, 0.3) is 0 Å². The van der Waals surface area contributed by atoms with E-state index >= 15 is 0 Å². The average molecular weight is 495 g/mol. The van der Waals surface area contributed by atoms with Gasteiger partial charge in [0.15, 0.2) is 11.5 Å². The summed E-state index contributed by atoms with van der Waals surface area (Å²) in [7, 11) is -14.1. The van der Waals surface area contributed by atoms with Crippen LogP contribution in [0.5, 0.6) is 17.2 Å². The second kappa shape index (κ2) is 8.78. The molecule has 0 aliphatic heterocycles. The lowest BCUT2D eigenvalue weighted by Gasteiger charge is -2.18. The van der Waals surface area contributed by atoms with Crippen molar-refractivity contribution in [3.63, 3.8) is 0 Å². The smallest absolute Gasteiger partial charge is 0.380 e. The van der Waals surface area contributed by atoms with Crippen LogP contribution in [0, 0.1) is 0 Å². The first kappa shape index (κ1) is 25.0. The van der Waals surface area contributed by atoms with Gasteiger partial charge in [0.05, 0.1) is 0 Å². The summed E-state index contributed by atoms with van der Waals surface area (Å²) >= 11 is -2.77. The van der Waals surface area contributed by atoms with Crippen molar-refractivity contribution in [2.45, 2.75) is 39.3 Å². The highest BCUT2D eigenvalue weighted by Gasteiger charge is 2.28. The first-order valence-electron chi connectivity index (χ1n) is 7.60. The second-order valence-electron chi connectivity index (χ2n) is 7.32. The van der Waals surface area contributed by atoms with Gasteiger partial charge in [-0.1, -0.05) is 0 Å². The summed E-state index contributed by atoms with van der Waals surface area (Å²) in [6.07, 6.45) is 0. The van der Waals surface area contributed by atoms with E-state index < -0.39 is 60.3 Å². The molecule has 0 heterocycles. The first-order chi connectivity index (χ1) is 12.4.